The second-order valence-electron chi connectivity index (χ2n) is 5.65. The number of hydrogen-bond acceptors (Lipinski definition) is 5. The summed E-state index contributed by atoms with van der Waals surface area (Å²) in [5.74, 6) is -0.0592. The van der Waals surface area contributed by atoms with Gasteiger partial charge in [-0.25, -0.2) is 4.39 Å². The first kappa shape index (κ1) is 18.6. The highest BCUT2D eigenvalue weighted by molar-refractivity contribution is 7.99. The lowest BCUT2D eigenvalue weighted by Crippen LogP contribution is -1.98. The van der Waals surface area contributed by atoms with Crippen molar-refractivity contribution in [2.75, 3.05) is 0 Å². The molecule has 0 aliphatic rings. The monoisotopic (exact) mass is 390 g/mol. The first-order valence-electron chi connectivity index (χ1n) is 8.12. The van der Waals surface area contributed by atoms with E-state index in [1.54, 1.807) is 36.4 Å². The normalized spacial score (nSPS) is 12.1. The molecule has 7 heteroatoms. The molecule has 0 bridgehead atoms. The van der Waals surface area contributed by atoms with Crippen LogP contribution in [0.2, 0.25) is 5.02 Å². The van der Waals surface area contributed by atoms with E-state index < -0.39 is 5.82 Å². The van der Waals surface area contributed by atoms with E-state index in [4.69, 9.17) is 16.0 Å². The SMILES string of the molecule is CCCC(Sc1nnc(-c2ccc(C=O)cc2)o1)c1cccc(Cl)c1F. The van der Waals surface area contributed by atoms with E-state index in [1.807, 2.05) is 6.92 Å². The van der Waals surface area contributed by atoms with E-state index in [9.17, 15) is 9.18 Å². The van der Waals surface area contributed by atoms with Crippen molar-refractivity contribution in [1.82, 2.24) is 10.2 Å². The molecular weight excluding hydrogens is 375 g/mol. The zero-order valence-corrected chi connectivity index (χ0v) is 15.6. The van der Waals surface area contributed by atoms with E-state index in [0.717, 1.165) is 24.7 Å². The molecule has 0 fully saturated rings. The van der Waals surface area contributed by atoms with E-state index in [-0.39, 0.29) is 10.3 Å². The van der Waals surface area contributed by atoms with Crippen LogP contribution in [-0.4, -0.2) is 16.5 Å². The molecule has 1 atom stereocenters. The van der Waals surface area contributed by atoms with Gasteiger partial charge in [-0.2, -0.15) is 0 Å². The molecule has 0 aliphatic heterocycles. The molecule has 2 aromatic carbocycles. The van der Waals surface area contributed by atoms with Crippen molar-refractivity contribution in [3.05, 3.63) is 64.4 Å². The minimum atomic E-state index is -0.413. The van der Waals surface area contributed by atoms with Crippen molar-refractivity contribution in [2.45, 2.75) is 30.2 Å². The van der Waals surface area contributed by atoms with Crippen LogP contribution < -0.4 is 0 Å². The van der Waals surface area contributed by atoms with E-state index >= 15 is 0 Å². The Labute approximate surface area is 159 Å². The Bertz CT molecular complexity index is 899. The third-order valence-corrected chi connectivity index (χ3v) is 5.26. The summed E-state index contributed by atoms with van der Waals surface area (Å²) >= 11 is 7.23. The summed E-state index contributed by atoms with van der Waals surface area (Å²) in [5, 5.41) is 8.38. The lowest BCUT2D eigenvalue weighted by Gasteiger charge is -2.15. The number of carbonyl (C=O) groups is 1. The zero-order valence-electron chi connectivity index (χ0n) is 14.0. The molecule has 0 saturated carbocycles. The minimum Gasteiger partial charge on any atom is -0.411 e. The second kappa shape index (κ2) is 8.47. The predicted octanol–water partition coefficient (Wildman–Crippen LogP) is 5.98. The lowest BCUT2D eigenvalue weighted by molar-refractivity contribution is 0.112. The molecule has 0 radical (unpaired) electrons. The predicted molar refractivity (Wildman–Crippen MR) is 100 cm³/mol. The highest BCUT2D eigenvalue weighted by atomic mass is 35.5. The van der Waals surface area contributed by atoms with Crippen molar-refractivity contribution in [2.24, 2.45) is 0 Å². The highest BCUT2D eigenvalue weighted by Gasteiger charge is 2.21. The first-order valence-corrected chi connectivity index (χ1v) is 9.37. The van der Waals surface area contributed by atoms with Crippen LogP contribution in [0.1, 0.15) is 40.9 Å². The summed E-state index contributed by atoms with van der Waals surface area (Å²) in [6.45, 7) is 2.03. The first-order chi connectivity index (χ1) is 12.6. The Kier molecular flexibility index (Phi) is 6.06. The molecule has 1 unspecified atom stereocenters. The molecule has 3 aromatic rings. The van der Waals surface area contributed by atoms with Crippen LogP contribution in [0.3, 0.4) is 0 Å². The summed E-state index contributed by atoms with van der Waals surface area (Å²) in [5.41, 5.74) is 1.82. The summed E-state index contributed by atoms with van der Waals surface area (Å²) in [7, 11) is 0. The number of hydrogen-bond donors (Lipinski definition) is 0. The molecular formula is C19H16ClFN2O2S. The minimum absolute atomic E-state index is 0.102. The van der Waals surface area contributed by atoms with Gasteiger partial charge in [0.1, 0.15) is 12.1 Å². The van der Waals surface area contributed by atoms with Crippen LogP contribution in [0.15, 0.2) is 52.1 Å². The highest BCUT2D eigenvalue weighted by Crippen LogP contribution is 2.40. The van der Waals surface area contributed by atoms with Gasteiger partial charge in [0.05, 0.1) is 5.02 Å². The largest absolute Gasteiger partial charge is 0.411 e. The topological polar surface area (TPSA) is 56.0 Å². The van der Waals surface area contributed by atoms with Crippen molar-refractivity contribution >= 4 is 29.6 Å². The van der Waals surface area contributed by atoms with E-state index in [0.29, 0.717) is 22.2 Å². The average molecular weight is 391 g/mol. The fraction of sp³-hybridized carbons (Fsp3) is 0.211. The Morgan fingerprint density at radius 3 is 2.69 bits per heavy atom. The van der Waals surface area contributed by atoms with Gasteiger partial charge in [-0.15, -0.1) is 10.2 Å². The quantitative estimate of drug-likeness (QED) is 0.367. The number of halogens is 2. The smallest absolute Gasteiger partial charge is 0.277 e. The molecule has 0 amide bonds. The maximum Gasteiger partial charge on any atom is 0.277 e. The van der Waals surface area contributed by atoms with Gasteiger partial charge in [-0.3, -0.25) is 4.79 Å². The van der Waals surface area contributed by atoms with Crippen LogP contribution in [0.4, 0.5) is 4.39 Å². The molecule has 0 N–H and O–H groups in total. The maximum atomic E-state index is 14.4. The Balaban J connectivity index is 1.83. The van der Waals surface area contributed by atoms with Gasteiger partial charge < -0.3 is 4.42 Å². The molecule has 1 heterocycles. The van der Waals surface area contributed by atoms with Gasteiger partial charge in [-0.1, -0.05) is 61.0 Å². The van der Waals surface area contributed by atoms with Gasteiger partial charge in [0.2, 0.25) is 5.89 Å². The van der Waals surface area contributed by atoms with Crippen molar-refractivity contribution in [3.63, 3.8) is 0 Å². The number of nitrogens with zero attached hydrogens (tertiary/aromatic N) is 2. The van der Waals surface area contributed by atoms with Gasteiger partial charge in [0, 0.05) is 21.9 Å². The van der Waals surface area contributed by atoms with Gasteiger partial charge in [0.15, 0.2) is 0 Å². The molecule has 1 aromatic heterocycles. The summed E-state index contributed by atoms with van der Waals surface area (Å²) in [6.07, 6.45) is 2.39. The van der Waals surface area contributed by atoms with Crippen LogP contribution in [0.5, 0.6) is 0 Å². The summed E-state index contributed by atoms with van der Waals surface area (Å²) in [4.78, 5) is 10.7. The lowest BCUT2D eigenvalue weighted by atomic mass is 10.1. The Morgan fingerprint density at radius 2 is 2.00 bits per heavy atom. The summed E-state index contributed by atoms with van der Waals surface area (Å²) < 4.78 is 20.1. The number of aromatic nitrogens is 2. The van der Waals surface area contributed by atoms with Crippen LogP contribution >= 0.6 is 23.4 Å². The fourth-order valence-electron chi connectivity index (χ4n) is 2.51. The third kappa shape index (κ3) is 4.14. The molecule has 0 aliphatic carbocycles. The van der Waals surface area contributed by atoms with Crippen LogP contribution in [0, 0.1) is 5.82 Å². The van der Waals surface area contributed by atoms with Gasteiger partial charge >= 0.3 is 0 Å². The van der Waals surface area contributed by atoms with Crippen molar-refractivity contribution in [3.8, 4) is 11.5 Å². The Morgan fingerprint density at radius 1 is 1.23 bits per heavy atom. The van der Waals surface area contributed by atoms with Crippen LogP contribution in [0.25, 0.3) is 11.5 Å². The zero-order chi connectivity index (χ0) is 18.5. The molecule has 4 nitrogen and oxygen atoms in total. The van der Waals surface area contributed by atoms with E-state index in [2.05, 4.69) is 10.2 Å². The van der Waals surface area contributed by atoms with Gasteiger partial charge in [-0.05, 0) is 24.6 Å². The molecule has 0 saturated heterocycles. The fourth-order valence-corrected chi connectivity index (χ4v) is 3.81. The molecule has 3 rings (SSSR count). The van der Waals surface area contributed by atoms with Gasteiger partial charge in [0.25, 0.3) is 5.22 Å². The molecule has 0 spiro atoms. The van der Waals surface area contributed by atoms with Crippen molar-refractivity contribution < 1.29 is 13.6 Å². The number of carbonyl (C=O) groups excluding carboxylic acids is 1. The maximum absolute atomic E-state index is 14.4. The number of rotatable bonds is 7. The van der Waals surface area contributed by atoms with E-state index in [1.165, 1.54) is 17.8 Å². The number of aldehydes is 1. The number of thioether (sulfide) groups is 1. The third-order valence-electron chi connectivity index (χ3n) is 3.82. The Hall–Kier alpha value is -2.18. The second-order valence-corrected chi connectivity index (χ2v) is 7.21. The van der Waals surface area contributed by atoms with Crippen molar-refractivity contribution in [1.29, 1.82) is 0 Å². The molecule has 134 valence electrons. The molecule has 26 heavy (non-hydrogen) atoms. The standard InChI is InChI=1S/C19H16ClFN2O2S/c1-2-4-16(14-5-3-6-15(20)17(14)21)26-19-23-22-18(25-19)13-9-7-12(11-24)8-10-13/h3,5-11,16H,2,4H2,1H3. The number of benzene rings is 2. The van der Waals surface area contributed by atoms with Crippen LogP contribution in [-0.2, 0) is 0 Å². The summed E-state index contributed by atoms with van der Waals surface area (Å²) in [6, 6.07) is 11.8. The average Bonchev–Trinajstić information content (AvgIpc) is 3.12.